The van der Waals surface area contributed by atoms with Gasteiger partial charge in [0.15, 0.2) is 0 Å². The lowest BCUT2D eigenvalue weighted by molar-refractivity contribution is -0.139. The second-order valence-corrected chi connectivity index (χ2v) is 7.35. The second-order valence-electron chi connectivity index (χ2n) is 7.35. The number of rotatable bonds is 7. The zero-order valence-corrected chi connectivity index (χ0v) is 15.6. The first kappa shape index (κ1) is 19.2. The Bertz CT molecular complexity index is 727. The number of nitrogens with zero attached hydrogens (tertiary/aromatic N) is 1. The molecule has 1 aliphatic carbocycles. The fourth-order valence-electron chi connectivity index (χ4n) is 4.12. The Kier molecular flexibility index (Phi) is 5.68. The summed E-state index contributed by atoms with van der Waals surface area (Å²) in [7, 11) is 0. The van der Waals surface area contributed by atoms with Crippen LogP contribution in [0, 0.1) is 5.92 Å². The van der Waals surface area contributed by atoms with Gasteiger partial charge in [0, 0.05) is 13.0 Å². The van der Waals surface area contributed by atoms with Crippen LogP contribution in [0.5, 0.6) is 5.75 Å². The smallest absolute Gasteiger partial charge is 0.305 e. The molecule has 3 rings (SSSR count). The third kappa shape index (κ3) is 4.23. The summed E-state index contributed by atoms with van der Waals surface area (Å²) >= 11 is 0. The van der Waals surface area contributed by atoms with Gasteiger partial charge in [-0.05, 0) is 31.9 Å². The Hall–Kier alpha value is -2.57. The molecule has 0 aromatic heterocycles. The van der Waals surface area contributed by atoms with Crippen LogP contribution in [0.15, 0.2) is 24.3 Å². The molecule has 1 heterocycles. The SMILES string of the molecule is CCOc1ccccc1N1CC(C(=O)NC2(CC(=O)O)CCCC2)CC1=O. The van der Waals surface area contributed by atoms with E-state index >= 15 is 0 Å². The quantitative estimate of drug-likeness (QED) is 0.764. The maximum absolute atomic E-state index is 12.8. The number of nitrogens with one attached hydrogen (secondary N) is 1. The van der Waals surface area contributed by atoms with E-state index in [2.05, 4.69) is 5.32 Å². The molecule has 27 heavy (non-hydrogen) atoms. The largest absolute Gasteiger partial charge is 0.492 e. The van der Waals surface area contributed by atoms with Crippen molar-refractivity contribution in [3.8, 4) is 5.75 Å². The van der Waals surface area contributed by atoms with Crippen LogP contribution in [0.4, 0.5) is 5.69 Å². The number of anilines is 1. The Morgan fingerprint density at radius 1 is 1.30 bits per heavy atom. The lowest BCUT2D eigenvalue weighted by Gasteiger charge is -2.30. The van der Waals surface area contributed by atoms with Crippen molar-refractivity contribution in [2.45, 2.75) is 51.0 Å². The Morgan fingerprint density at radius 2 is 2.00 bits per heavy atom. The Labute approximate surface area is 158 Å². The second kappa shape index (κ2) is 7.98. The van der Waals surface area contributed by atoms with E-state index in [-0.39, 0.29) is 31.2 Å². The molecule has 1 saturated heterocycles. The topological polar surface area (TPSA) is 95.9 Å². The molecule has 0 radical (unpaired) electrons. The van der Waals surface area contributed by atoms with E-state index in [9.17, 15) is 19.5 Å². The van der Waals surface area contributed by atoms with E-state index in [0.29, 0.717) is 30.9 Å². The fraction of sp³-hybridized carbons (Fsp3) is 0.550. The molecule has 7 nitrogen and oxygen atoms in total. The highest BCUT2D eigenvalue weighted by atomic mass is 16.5. The average molecular weight is 374 g/mol. The third-order valence-electron chi connectivity index (χ3n) is 5.39. The van der Waals surface area contributed by atoms with Crippen molar-refractivity contribution >= 4 is 23.5 Å². The highest BCUT2D eigenvalue weighted by molar-refractivity contribution is 6.01. The molecule has 1 atom stereocenters. The van der Waals surface area contributed by atoms with Gasteiger partial charge in [-0.1, -0.05) is 25.0 Å². The van der Waals surface area contributed by atoms with Crippen molar-refractivity contribution in [2.75, 3.05) is 18.1 Å². The Morgan fingerprint density at radius 3 is 2.67 bits per heavy atom. The number of ether oxygens (including phenoxy) is 1. The molecular weight excluding hydrogens is 348 g/mol. The molecule has 0 bridgehead atoms. The minimum absolute atomic E-state index is 0.0731. The minimum Gasteiger partial charge on any atom is -0.492 e. The first-order chi connectivity index (χ1) is 12.9. The van der Waals surface area contributed by atoms with Gasteiger partial charge in [-0.15, -0.1) is 0 Å². The van der Waals surface area contributed by atoms with Crippen molar-refractivity contribution in [1.29, 1.82) is 0 Å². The Balaban J connectivity index is 1.71. The van der Waals surface area contributed by atoms with E-state index in [1.165, 1.54) is 0 Å². The predicted molar refractivity (Wildman–Crippen MR) is 99.7 cm³/mol. The average Bonchev–Trinajstić information content (AvgIpc) is 3.22. The molecule has 1 aromatic rings. The summed E-state index contributed by atoms with van der Waals surface area (Å²) in [5, 5.41) is 12.2. The maximum Gasteiger partial charge on any atom is 0.305 e. The number of benzene rings is 1. The lowest BCUT2D eigenvalue weighted by atomic mass is 9.92. The van der Waals surface area contributed by atoms with E-state index in [4.69, 9.17) is 4.74 Å². The highest BCUT2D eigenvalue weighted by Crippen LogP contribution is 2.35. The maximum atomic E-state index is 12.8. The normalized spacial score (nSPS) is 21.3. The van der Waals surface area contributed by atoms with E-state index in [1.807, 2.05) is 25.1 Å². The van der Waals surface area contributed by atoms with Crippen LogP contribution in [-0.4, -0.2) is 41.6 Å². The van der Waals surface area contributed by atoms with Crippen molar-refractivity contribution in [1.82, 2.24) is 5.32 Å². The van der Waals surface area contributed by atoms with E-state index in [1.54, 1.807) is 11.0 Å². The van der Waals surface area contributed by atoms with Gasteiger partial charge in [0.25, 0.3) is 0 Å². The van der Waals surface area contributed by atoms with Crippen LogP contribution in [0.2, 0.25) is 0 Å². The summed E-state index contributed by atoms with van der Waals surface area (Å²) in [6.45, 7) is 2.64. The van der Waals surface area contributed by atoms with Crippen LogP contribution in [0.3, 0.4) is 0 Å². The number of aliphatic carboxylic acids is 1. The summed E-state index contributed by atoms with van der Waals surface area (Å²) < 4.78 is 5.60. The molecule has 2 amide bonds. The van der Waals surface area contributed by atoms with Crippen molar-refractivity contribution in [3.63, 3.8) is 0 Å². The predicted octanol–water partition coefficient (Wildman–Crippen LogP) is 2.34. The first-order valence-electron chi connectivity index (χ1n) is 9.50. The minimum atomic E-state index is -0.910. The van der Waals surface area contributed by atoms with Gasteiger partial charge in [-0.3, -0.25) is 14.4 Å². The number of amides is 2. The van der Waals surface area contributed by atoms with Crippen LogP contribution >= 0.6 is 0 Å². The van der Waals surface area contributed by atoms with Gasteiger partial charge in [-0.2, -0.15) is 0 Å². The van der Waals surface area contributed by atoms with Crippen molar-refractivity contribution in [3.05, 3.63) is 24.3 Å². The highest BCUT2D eigenvalue weighted by Gasteiger charge is 2.42. The third-order valence-corrected chi connectivity index (χ3v) is 5.39. The first-order valence-corrected chi connectivity index (χ1v) is 9.50. The van der Waals surface area contributed by atoms with Crippen LogP contribution in [0.25, 0.3) is 0 Å². The lowest BCUT2D eigenvalue weighted by Crippen LogP contribution is -2.50. The molecule has 2 fully saturated rings. The summed E-state index contributed by atoms with van der Waals surface area (Å²) in [5.41, 5.74) is -0.0106. The molecule has 1 unspecified atom stereocenters. The van der Waals surface area contributed by atoms with Crippen LogP contribution < -0.4 is 15.0 Å². The molecule has 2 aliphatic rings. The van der Waals surface area contributed by atoms with Crippen molar-refractivity contribution < 1.29 is 24.2 Å². The van der Waals surface area contributed by atoms with E-state index < -0.39 is 17.4 Å². The molecular formula is C20H26N2O5. The number of carbonyl (C=O) groups excluding carboxylic acids is 2. The molecule has 1 aromatic carbocycles. The van der Waals surface area contributed by atoms with E-state index in [0.717, 1.165) is 12.8 Å². The molecule has 1 saturated carbocycles. The number of hydrogen-bond acceptors (Lipinski definition) is 4. The zero-order chi connectivity index (χ0) is 19.4. The van der Waals surface area contributed by atoms with Gasteiger partial charge < -0.3 is 20.1 Å². The van der Waals surface area contributed by atoms with Gasteiger partial charge in [0.05, 0.1) is 30.2 Å². The van der Waals surface area contributed by atoms with Crippen LogP contribution in [0.1, 0.15) is 45.4 Å². The standard InChI is InChI=1S/C20H26N2O5/c1-2-27-16-8-4-3-7-15(16)22-13-14(11-17(22)23)19(26)21-20(12-18(24)25)9-5-6-10-20/h3-4,7-8,14H,2,5-6,9-13H2,1H3,(H,21,26)(H,24,25). The summed E-state index contributed by atoms with van der Waals surface area (Å²) in [6.07, 6.45) is 3.20. The molecule has 1 aliphatic heterocycles. The fourth-order valence-corrected chi connectivity index (χ4v) is 4.12. The van der Waals surface area contributed by atoms with Crippen LogP contribution in [-0.2, 0) is 14.4 Å². The number of hydrogen-bond donors (Lipinski definition) is 2. The molecule has 7 heteroatoms. The van der Waals surface area contributed by atoms with Crippen molar-refractivity contribution in [2.24, 2.45) is 5.92 Å². The molecule has 2 N–H and O–H groups in total. The van der Waals surface area contributed by atoms with Gasteiger partial charge in [-0.25, -0.2) is 0 Å². The summed E-state index contributed by atoms with van der Waals surface area (Å²) in [5.74, 6) is -1.14. The number of carbonyl (C=O) groups is 3. The van der Waals surface area contributed by atoms with Gasteiger partial charge in [0.1, 0.15) is 5.75 Å². The summed E-state index contributed by atoms with van der Waals surface area (Å²) in [4.78, 5) is 38.2. The molecule has 146 valence electrons. The number of carboxylic acid groups (broad SMARTS) is 1. The summed E-state index contributed by atoms with van der Waals surface area (Å²) in [6, 6.07) is 7.29. The zero-order valence-electron chi connectivity index (χ0n) is 15.6. The number of carboxylic acids is 1. The van der Waals surface area contributed by atoms with Gasteiger partial charge >= 0.3 is 5.97 Å². The molecule has 0 spiro atoms. The number of para-hydroxylation sites is 2. The monoisotopic (exact) mass is 374 g/mol. The van der Waals surface area contributed by atoms with Gasteiger partial charge in [0.2, 0.25) is 11.8 Å².